The van der Waals surface area contributed by atoms with E-state index in [0.717, 1.165) is 0 Å². The molecule has 0 heterocycles. The van der Waals surface area contributed by atoms with Crippen molar-refractivity contribution in [2.45, 2.75) is 90.4 Å². The van der Waals surface area contributed by atoms with Gasteiger partial charge in [-0.05, 0) is 0 Å². The number of allylic oxidation sites excluding steroid dienone is 5. The minimum atomic E-state index is -3.00. The fourth-order valence-electron chi connectivity index (χ4n) is 7.25. The van der Waals surface area contributed by atoms with Crippen LogP contribution >= 0.6 is 0 Å². The second-order valence-electron chi connectivity index (χ2n) is 11.6. The Morgan fingerprint density at radius 3 is 1.90 bits per heavy atom. The van der Waals surface area contributed by atoms with Crippen molar-refractivity contribution in [1.29, 1.82) is 0 Å². The normalized spacial score (nSPS) is 27.1. The Kier molecular flexibility index (Phi) is 4.76. The van der Waals surface area contributed by atoms with Gasteiger partial charge in [0.2, 0.25) is 0 Å². The Balaban J connectivity index is 1.92. The maximum absolute atomic E-state index is 3.00. The third-order valence-corrected chi connectivity index (χ3v) is 32.4. The van der Waals surface area contributed by atoms with Crippen molar-refractivity contribution in [3.63, 3.8) is 0 Å². The summed E-state index contributed by atoms with van der Waals surface area (Å²) >= 11 is -3.00. The predicted molar refractivity (Wildman–Crippen MR) is 125 cm³/mol. The molecule has 156 valence electrons. The van der Waals surface area contributed by atoms with Gasteiger partial charge in [0.05, 0.1) is 0 Å². The summed E-state index contributed by atoms with van der Waals surface area (Å²) in [7, 11) is 0. The molecule has 3 aliphatic carbocycles. The summed E-state index contributed by atoms with van der Waals surface area (Å²) in [5, 5.41) is 0. The van der Waals surface area contributed by atoms with Gasteiger partial charge in [0, 0.05) is 0 Å². The van der Waals surface area contributed by atoms with Gasteiger partial charge in [-0.3, -0.25) is 0 Å². The van der Waals surface area contributed by atoms with E-state index in [0.29, 0.717) is 8.59 Å². The van der Waals surface area contributed by atoms with E-state index in [1.54, 1.807) is 39.0 Å². The van der Waals surface area contributed by atoms with Crippen molar-refractivity contribution in [2.24, 2.45) is 5.41 Å². The van der Waals surface area contributed by atoms with Crippen LogP contribution in [-0.2, 0) is 36.0 Å². The second-order valence-corrected chi connectivity index (χ2v) is 30.1. The first-order valence-electron chi connectivity index (χ1n) is 11.5. The van der Waals surface area contributed by atoms with Gasteiger partial charge in [0.25, 0.3) is 0 Å². The summed E-state index contributed by atoms with van der Waals surface area (Å²) in [6.07, 6.45) is 8.86. The van der Waals surface area contributed by atoms with Gasteiger partial charge in [-0.1, -0.05) is 0 Å². The SMILES string of the molecule is CC[C]1([Hf]([CH3])([CH3])[C]2(C)C(C)=C(C)C(C)=C2C)C=Cc2cc3c(cc21)CC(C)(C)C3. The van der Waals surface area contributed by atoms with Crippen LogP contribution in [0.4, 0.5) is 0 Å². The fraction of sp³-hybridized carbons (Fsp3) is 0.571. The standard InChI is InChI=1S/C16H19.C10H15.2CH3.Hf/c1-4-11-5-6-12-7-13-9-16(2,3)10-14(13)8-15(11)12;1-6-7(2)9(4)10(5)8(6)3;;;/h5-8H,4,9-10H2,1-3H3;1-5H3;2*1H3;. The number of hydrogen-bond acceptors (Lipinski definition) is 0. The molecule has 1 aromatic carbocycles. The van der Waals surface area contributed by atoms with Crippen LogP contribution in [0.2, 0.25) is 12.5 Å². The number of benzene rings is 1. The van der Waals surface area contributed by atoms with Gasteiger partial charge in [-0.25, -0.2) is 0 Å². The second kappa shape index (κ2) is 6.41. The summed E-state index contributed by atoms with van der Waals surface area (Å²) in [5.41, 5.74) is 13.3. The first kappa shape index (κ1) is 21.5. The van der Waals surface area contributed by atoms with Crippen molar-refractivity contribution in [1.82, 2.24) is 0 Å². The van der Waals surface area contributed by atoms with E-state index in [2.05, 4.69) is 89.0 Å². The van der Waals surface area contributed by atoms with Gasteiger partial charge < -0.3 is 0 Å². The quantitative estimate of drug-likeness (QED) is 0.328. The third-order valence-electron chi connectivity index (χ3n) is 9.85. The molecule has 3 aliphatic rings. The van der Waals surface area contributed by atoms with E-state index >= 15 is 0 Å². The van der Waals surface area contributed by atoms with E-state index in [4.69, 9.17) is 0 Å². The molecule has 1 heteroatoms. The number of rotatable bonds is 3. The molecule has 0 N–H and O–H groups in total. The van der Waals surface area contributed by atoms with Crippen molar-refractivity contribution in [2.75, 3.05) is 0 Å². The zero-order valence-electron chi connectivity index (χ0n) is 20.4. The van der Waals surface area contributed by atoms with Crippen LogP contribution in [0.5, 0.6) is 0 Å². The topological polar surface area (TPSA) is 0 Å². The molecule has 0 radical (unpaired) electrons. The average Bonchev–Trinajstić information content (AvgIpc) is 3.21. The molecule has 1 atom stereocenters. The van der Waals surface area contributed by atoms with Crippen molar-refractivity contribution >= 4 is 6.08 Å². The summed E-state index contributed by atoms with van der Waals surface area (Å²) in [6.45, 7) is 19.5. The first-order valence-corrected chi connectivity index (χ1v) is 22.3. The summed E-state index contributed by atoms with van der Waals surface area (Å²) in [5.74, 6) is 0. The average molecular weight is 555 g/mol. The third kappa shape index (κ3) is 2.58. The van der Waals surface area contributed by atoms with Crippen molar-refractivity contribution in [3.8, 4) is 0 Å². The van der Waals surface area contributed by atoms with Gasteiger partial charge in [-0.2, -0.15) is 0 Å². The monoisotopic (exact) mass is 556 g/mol. The van der Waals surface area contributed by atoms with E-state index < -0.39 is 20.0 Å². The van der Waals surface area contributed by atoms with Crippen molar-refractivity contribution in [3.05, 3.63) is 62.8 Å². The van der Waals surface area contributed by atoms with E-state index in [1.165, 1.54) is 24.8 Å². The van der Waals surface area contributed by atoms with Crippen LogP contribution in [0.3, 0.4) is 0 Å². The molecule has 1 unspecified atom stereocenters. The molecule has 4 rings (SSSR count). The molecule has 0 spiro atoms. The van der Waals surface area contributed by atoms with Gasteiger partial charge in [0.15, 0.2) is 0 Å². The molecule has 0 nitrogen and oxygen atoms in total. The zero-order chi connectivity index (χ0) is 21.6. The molecule has 1 aromatic rings. The van der Waals surface area contributed by atoms with Crippen LogP contribution in [0, 0.1) is 5.41 Å². The molecular weight excluding hydrogens is 515 g/mol. The van der Waals surface area contributed by atoms with Crippen LogP contribution in [0.15, 0.2) is 40.5 Å². The summed E-state index contributed by atoms with van der Waals surface area (Å²) < 4.78 is 6.09. The Labute approximate surface area is 183 Å². The van der Waals surface area contributed by atoms with E-state index in [-0.39, 0.29) is 3.17 Å². The van der Waals surface area contributed by atoms with Gasteiger partial charge >= 0.3 is 185 Å². The number of fused-ring (bicyclic) bond motifs is 2. The molecular formula is C28H40Hf. The molecule has 0 bridgehead atoms. The fourth-order valence-corrected chi connectivity index (χ4v) is 26.7. The van der Waals surface area contributed by atoms with E-state index in [1.807, 2.05) is 0 Å². The molecule has 0 fully saturated rings. The maximum atomic E-state index is 2.76. The first-order chi connectivity index (χ1) is 13.3. The molecule has 0 amide bonds. The predicted octanol–water partition coefficient (Wildman–Crippen LogP) is 8.56. The van der Waals surface area contributed by atoms with Crippen LogP contribution in [0.1, 0.15) is 84.1 Å². The van der Waals surface area contributed by atoms with Crippen LogP contribution in [-0.4, -0.2) is 0 Å². The Morgan fingerprint density at radius 1 is 0.862 bits per heavy atom. The molecule has 0 aliphatic heterocycles. The summed E-state index contributed by atoms with van der Waals surface area (Å²) in [4.78, 5) is 0. The Hall–Kier alpha value is -0.690. The van der Waals surface area contributed by atoms with E-state index in [9.17, 15) is 0 Å². The van der Waals surface area contributed by atoms with Crippen molar-refractivity contribution < 1.29 is 20.0 Å². The number of hydrogen-bond donors (Lipinski definition) is 0. The molecule has 0 saturated heterocycles. The molecule has 0 saturated carbocycles. The van der Waals surface area contributed by atoms with Gasteiger partial charge in [0.1, 0.15) is 0 Å². The van der Waals surface area contributed by atoms with Crippen LogP contribution in [0.25, 0.3) is 6.08 Å². The van der Waals surface area contributed by atoms with Gasteiger partial charge in [-0.15, -0.1) is 0 Å². The Bertz CT molecular complexity index is 971. The minimum absolute atomic E-state index is 0.284. The zero-order valence-corrected chi connectivity index (χ0v) is 24.0. The molecule has 29 heavy (non-hydrogen) atoms. The molecule has 0 aromatic heterocycles. The Morgan fingerprint density at radius 2 is 1.38 bits per heavy atom. The van der Waals surface area contributed by atoms with Crippen LogP contribution < -0.4 is 0 Å². The summed E-state index contributed by atoms with van der Waals surface area (Å²) in [6, 6.07) is 5.21.